The van der Waals surface area contributed by atoms with Gasteiger partial charge in [0.25, 0.3) is 0 Å². The molecule has 0 spiro atoms. The van der Waals surface area contributed by atoms with Gasteiger partial charge in [-0.3, -0.25) is 9.59 Å². The number of esters is 3. The highest BCUT2D eigenvalue weighted by molar-refractivity contribution is 5.90. The van der Waals surface area contributed by atoms with Crippen LogP contribution in [-0.2, 0) is 62.3 Å². The van der Waals surface area contributed by atoms with Crippen molar-refractivity contribution in [3.05, 3.63) is 203 Å². The first-order valence-corrected chi connectivity index (χ1v) is 28.2. The van der Waals surface area contributed by atoms with Crippen molar-refractivity contribution in [2.24, 2.45) is 0 Å². The zero-order valence-electron chi connectivity index (χ0n) is 66.6. The Morgan fingerprint density at radius 2 is 0.723 bits per heavy atom. The smallest absolute Gasteiger partial charge is 0.337 e. The lowest BCUT2D eigenvalue weighted by atomic mass is 10.1. The van der Waals surface area contributed by atoms with Crippen molar-refractivity contribution in [3.8, 4) is 46.0 Å². The Kier molecular flexibility index (Phi) is 48.4. The zero-order chi connectivity index (χ0) is 82.3. The van der Waals surface area contributed by atoms with Gasteiger partial charge in [-0.2, -0.15) is 0 Å². The van der Waals surface area contributed by atoms with Crippen LogP contribution < -0.4 is 14.2 Å². The summed E-state index contributed by atoms with van der Waals surface area (Å²) >= 11 is 0. The van der Waals surface area contributed by atoms with Crippen molar-refractivity contribution in [2.75, 3.05) is 94.3 Å². The molecule has 0 saturated heterocycles. The molecule has 22 nitrogen and oxygen atoms in total. The number of carbonyl (C=O) groups is 3. The minimum absolute atomic E-state index is 0. The lowest BCUT2D eigenvalue weighted by Crippen LogP contribution is -2.04. The molecule has 13 N–H and O–H groups in total. The fourth-order valence-electron chi connectivity index (χ4n) is 6.08. The number of aliphatic hydroxyl groups excluding tert-OH is 5. The Balaban J connectivity index is -0.000000363. The summed E-state index contributed by atoms with van der Waals surface area (Å²) in [5.41, 5.74) is 5.41. The largest absolute Gasteiger partial charge is 0.508 e. The van der Waals surface area contributed by atoms with Crippen molar-refractivity contribution in [1.29, 1.82) is 0 Å². The van der Waals surface area contributed by atoms with E-state index in [9.17, 15) is 19.5 Å². The molecule has 1 atom stereocenters. The highest BCUT2D eigenvalue weighted by Crippen LogP contribution is 2.26. The summed E-state index contributed by atoms with van der Waals surface area (Å²) < 4.78 is 114. The van der Waals surface area contributed by atoms with E-state index in [2.05, 4.69) is 14.2 Å². The molecule has 0 heterocycles. The topological polar surface area (TPSA) is 370 Å². The molecule has 0 aliphatic heterocycles. The molecular formula is C72H106O22. The Bertz CT molecular complexity index is 3340. The molecule has 0 aliphatic rings. The van der Waals surface area contributed by atoms with Gasteiger partial charge < -0.3 is 94.8 Å². The fraction of sp³-hybridized carbons (Fsp3) is 0.375. The van der Waals surface area contributed by atoms with Gasteiger partial charge in [-0.05, 0) is 191 Å². The second-order valence-electron chi connectivity index (χ2n) is 17.1. The SMILES string of the molecule is C.CCO.CCO.CCOc1ccc(CC(=O)OC)cc1.COC(=O)Cc1ccc(O)cc1.COC(=O)c1ccc(O)c(OC)c1.OCCc1ccc(O)cc1.[2H]C(O)Cc1ccc(O)cc1.[2H]C([2H])(O)Cc1ccc(O)cc1.[2H]C([2H])(O)Cc1ccc(OCC)cc1.[2H]C([2H])([2H])C([2H])([2H])O.[2H]C([2H])([2H])CO. The fourth-order valence-corrected chi connectivity index (χ4v) is 6.08. The average Bonchev–Trinajstić information content (AvgIpc) is 0.871. The van der Waals surface area contributed by atoms with Gasteiger partial charge in [-0.1, -0.05) is 80.2 Å². The van der Waals surface area contributed by atoms with Crippen molar-refractivity contribution in [1.82, 2.24) is 0 Å². The number of aryl methyl sites for hydroxylation is 3. The van der Waals surface area contributed by atoms with Crippen LogP contribution in [0.2, 0.25) is 0 Å². The Morgan fingerprint density at radius 3 is 0.989 bits per heavy atom. The van der Waals surface area contributed by atoms with Crippen molar-refractivity contribution >= 4 is 17.9 Å². The minimum atomic E-state index is -3.06. The van der Waals surface area contributed by atoms with Crippen LogP contribution in [0.4, 0.5) is 0 Å². The molecule has 0 saturated carbocycles. The summed E-state index contributed by atoms with van der Waals surface area (Å²) in [6, 6.07) is 44.5. The predicted octanol–water partition coefficient (Wildman–Crippen LogP) is 9.13. The summed E-state index contributed by atoms with van der Waals surface area (Å²) in [4.78, 5) is 32.8. The normalized spacial score (nSPS) is 12.1. The number of hydrogen-bond donors (Lipinski definition) is 13. The molecule has 0 fully saturated rings. The summed E-state index contributed by atoms with van der Waals surface area (Å²) in [6.45, 7) is -5.15. The number of aromatic hydroxyl groups is 5. The van der Waals surface area contributed by atoms with E-state index in [1.165, 1.54) is 83.0 Å². The molecule has 1 unspecified atom stereocenters. The second kappa shape index (κ2) is 65.5. The van der Waals surface area contributed by atoms with Crippen LogP contribution in [0.25, 0.3) is 0 Å². The first-order chi connectivity index (χ1) is 49.3. The molecule has 0 radical (unpaired) electrons. The van der Waals surface area contributed by atoms with Gasteiger partial charge in [-0.15, -0.1) is 0 Å². The number of rotatable bonds is 18. The van der Waals surface area contributed by atoms with E-state index in [0.717, 1.165) is 39.3 Å². The average molecular weight is 1340 g/mol. The quantitative estimate of drug-likeness (QED) is 0.0281. The van der Waals surface area contributed by atoms with Gasteiger partial charge in [0, 0.05) is 60.9 Å². The number of hydrogen-bond acceptors (Lipinski definition) is 22. The van der Waals surface area contributed by atoms with E-state index in [-0.39, 0.29) is 92.9 Å². The van der Waals surface area contributed by atoms with Gasteiger partial charge in [0.2, 0.25) is 0 Å². The molecule has 94 heavy (non-hydrogen) atoms. The van der Waals surface area contributed by atoms with Gasteiger partial charge in [0.15, 0.2) is 11.5 Å². The molecule has 7 aromatic carbocycles. The van der Waals surface area contributed by atoms with E-state index >= 15 is 0 Å². The van der Waals surface area contributed by atoms with Crippen molar-refractivity contribution in [3.63, 3.8) is 0 Å². The molecule has 526 valence electrons. The van der Waals surface area contributed by atoms with E-state index in [1.807, 2.05) is 38.1 Å². The van der Waals surface area contributed by atoms with Crippen LogP contribution in [0.1, 0.15) is 110 Å². The predicted molar refractivity (Wildman–Crippen MR) is 366 cm³/mol. The minimum Gasteiger partial charge on any atom is -0.508 e. The molecule has 0 bridgehead atoms. The van der Waals surface area contributed by atoms with E-state index in [4.69, 9.17) is 93.3 Å². The maximum atomic E-state index is 11.0. The van der Waals surface area contributed by atoms with Gasteiger partial charge >= 0.3 is 17.9 Å². The number of methoxy groups -OCH3 is 4. The van der Waals surface area contributed by atoms with Crippen LogP contribution in [0, 0.1) is 0 Å². The lowest BCUT2D eigenvalue weighted by Gasteiger charge is -2.04. The first kappa shape index (κ1) is 69.4. The van der Waals surface area contributed by atoms with Crippen LogP contribution >= 0.6 is 0 Å². The Morgan fingerprint density at radius 1 is 0.415 bits per heavy atom. The number of benzene rings is 7. The maximum absolute atomic E-state index is 11.0. The number of ether oxygens (including phenoxy) is 6. The standard InChI is InChI=1S/C11H14O3.C10H14O2.C9H10O4.C9H10O3.3C8H10O2.4C2H6O.CH4/c1-3-14-10-6-4-9(5-7-10)8-11(12)13-2;1-2-12-10-5-3-9(4-6-10)7-8-11;1-12-8-5-6(9(11)13-2)3-4-7(8)10;1-12-9(11)6-7-2-4-8(10)5-3-7;3*9-6-5-7-1-3-8(10)4-2-7;4*1-2-3;/h4-7H,3,8H2,1-2H3;3-6,11H,2,7-8H2,1H3;3-5,10H,1-2H3;2-5,10H,6H2,1H3;3*1-4,9-10H,5-6H2;4*3H,2H2,1H3;1H4/i;8D2;;;6D2;6D;;1D3,2D2;1D3;;;. The van der Waals surface area contributed by atoms with E-state index in [1.54, 1.807) is 98.8 Å². The monoisotopic (exact) mass is 1340 g/mol. The van der Waals surface area contributed by atoms with Crippen LogP contribution in [0.15, 0.2) is 164 Å². The number of phenolic OH excluding ortho intramolecular Hbond substituents is 5. The number of carbonyl (C=O) groups excluding carboxylic acids is 3. The molecule has 22 heteroatoms. The summed E-state index contributed by atoms with van der Waals surface area (Å²) in [5.74, 6) is 1.66. The van der Waals surface area contributed by atoms with Gasteiger partial charge in [0.1, 0.15) is 34.5 Å². The van der Waals surface area contributed by atoms with Crippen LogP contribution in [0.5, 0.6) is 46.0 Å². The van der Waals surface area contributed by atoms with Crippen LogP contribution in [0.3, 0.4) is 0 Å². The lowest BCUT2D eigenvalue weighted by molar-refractivity contribution is -0.140. The molecule has 0 aliphatic carbocycles. The molecule has 7 rings (SSSR count). The Hall–Kier alpha value is -8.97. The third-order valence-corrected chi connectivity index (χ3v) is 10.3. The molecule has 0 amide bonds. The Labute approximate surface area is 574 Å². The van der Waals surface area contributed by atoms with Crippen molar-refractivity contribution < 1.29 is 127 Å². The maximum Gasteiger partial charge on any atom is 0.337 e. The van der Waals surface area contributed by atoms with E-state index in [0.29, 0.717) is 43.6 Å². The second-order valence-corrected chi connectivity index (χ2v) is 17.1. The summed E-state index contributed by atoms with van der Waals surface area (Å²) in [7, 11) is 5.44. The molecule has 7 aromatic rings. The zero-order valence-corrected chi connectivity index (χ0v) is 53.6. The summed E-state index contributed by atoms with van der Waals surface area (Å²) in [5, 5.41) is 111. The summed E-state index contributed by atoms with van der Waals surface area (Å²) in [6.07, 6.45) is 1.45. The third-order valence-electron chi connectivity index (χ3n) is 10.3. The van der Waals surface area contributed by atoms with E-state index < -0.39 is 52.5 Å². The highest BCUT2D eigenvalue weighted by atomic mass is 16.5. The van der Waals surface area contributed by atoms with Gasteiger partial charge in [0.05, 0.1) is 69.7 Å². The number of aliphatic hydroxyl groups is 8. The van der Waals surface area contributed by atoms with Crippen LogP contribution in [-0.4, -0.2) is 179 Å². The first-order valence-electron chi connectivity index (χ1n) is 34.7. The number of phenols is 5. The third kappa shape index (κ3) is 53.7. The highest BCUT2D eigenvalue weighted by Gasteiger charge is 2.09. The van der Waals surface area contributed by atoms with Crippen molar-refractivity contribution in [2.45, 2.75) is 87.4 Å². The van der Waals surface area contributed by atoms with Gasteiger partial charge in [-0.25, -0.2) is 4.79 Å². The molecule has 0 aromatic heterocycles. The molecular weight excluding hydrogens is 1220 g/mol.